The van der Waals surface area contributed by atoms with Gasteiger partial charge in [0.05, 0.1) is 33.1 Å². The highest BCUT2D eigenvalue weighted by Crippen LogP contribution is 2.36. The van der Waals surface area contributed by atoms with E-state index >= 15 is 0 Å². The van der Waals surface area contributed by atoms with Crippen molar-refractivity contribution in [3.63, 3.8) is 0 Å². The van der Waals surface area contributed by atoms with Crippen LogP contribution in [-0.4, -0.2) is 30.4 Å². The Morgan fingerprint density at radius 3 is 2.44 bits per heavy atom. The Kier molecular flexibility index (Phi) is 5.66. The van der Waals surface area contributed by atoms with E-state index in [0.29, 0.717) is 22.2 Å². The zero-order chi connectivity index (χ0) is 23.2. The Balaban J connectivity index is 1.90. The number of para-hydroxylation sites is 1. The number of sulfonamides is 1. The molecule has 1 aromatic heterocycles. The second kappa shape index (κ2) is 8.16. The van der Waals surface area contributed by atoms with Gasteiger partial charge in [-0.2, -0.15) is 5.10 Å². The predicted octanol–water partition coefficient (Wildman–Crippen LogP) is 4.97. The molecule has 11 heteroatoms. The molecular weight excluding hydrogens is 483 g/mol. The van der Waals surface area contributed by atoms with Crippen LogP contribution in [0.1, 0.15) is 10.4 Å². The molecule has 0 bridgehead atoms. The third-order valence-electron chi connectivity index (χ3n) is 4.56. The molecule has 0 aliphatic carbocycles. The maximum Gasteiger partial charge on any atom is 0.267 e. The van der Waals surface area contributed by atoms with Gasteiger partial charge < -0.3 is 0 Å². The zero-order valence-electron chi connectivity index (χ0n) is 16.2. The number of fused-ring (bicyclic) bond motifs is 1. The molecule has 0 aliphatic rings. The van der Waals surface area contributed by atoms with Gasteiger partial charge in [0.25, 0.3) is 5.91 Å². The summed E-state index contributed by atoms with van der Waals surface area (Å²) in [6.07, 6.45) is 0.775. The third-order valence-corrected chi connectivity index (χ3v) is 5.73. The maximum atomic E-state index is 14.8. The van der Waals surface area contributed by atoms with Crippen LogP contribution in [0.3, 0.4) is 0 Å². The Morgan fingerprint density at radius 2 is 1.75 bits per heavy atom. The molecule has 0 aliphatic heterocycles. The number of benzene rings is 3. The molecule has 164 valence electrons. The molecule has 4 aromatic rings. The van der Waals surface area contributed by atoms with Crippen LogP contribution in [-0.2, 0) is 10.0 Å². The van der Waals surface area contributed by atoms with Crippen molar-refractivity contribution in [3.8, 4) is 16.9 Å². The molecule has 0 saturated carbocycles. The molecule has 3 aromatic carbocycles. The van der Waals surface area contributed by atoms with E-state index in [4.69, 9.17) is 23.2 Å². The molecule has 1 amide bonds. The lowest BCUT2D eigenvalue weighted by atomic mass is 10.1. The number of nitrogens with one attached hydrogen (secondary N) is 1. The first-order valence-corrected chi connectivity index (χ1v) is 11.6. The summed E-state index contributed by atoms with van der Waals surface area (Å²) in [6.45, 7) is 0. The maximum absolute atomic E-state index is 14.8. The summed E-state index contributed by atoms with van der Waals surface area (Å²) in [6, 6.07) is 12.9. The number of nitrogens with zero attached hydrogens (tertiary/aromatic N) is 2. The largest absolute Gasteiger partial charge is 0.268 e. The van der Waals surface area contributed by atoms with Gasteiger partial charge >= 0.3 is 0 Å². The highest BCUT2D eigenvalue weighted by Gasteiger charge is 2.22. The van der Waals surface area contributed by atoms with E-state index in [0.717, 1.165) is 24.5 Å². The predicted molar refractivity (Wildman–Crippen MR) is 119 cm³/mol. The third kappa shape index (κ3) is 4.19. The Bertz CT molecular complexity index is 1500. The van der Waals surface area contributed by atoms with Crippen molar-refractivity contribution in [3.05, 3.63) is 81.8 Å². The summed E-state index contributed by atoms with van der Waals surface area (Å²) in [5.41, 5.74) is 1.01. The second-order valence-electron chi connectivity index (χ2n) is 6.89. The quantitative estimate of drug-likeness (QED) is 0.433. The Morgan fingerprint density at radius 1 is 1.03 bits per heavy atom. The summed E-state index contributed by atoms with van der Waals surface area (Å²) in [4.78, 5) is 12.1. The number of rotatable bonds is 4. The van der Waals surface area contributed by atoms with Crippen LogP contribution >= 0.6 is 23.2 Å². The highest BCUT2D eigenvalue weighted by atomic mass is 35.5. The van der Waals surface area contributed by atoms with Gasteiger partial charge in [-0.1, -0.05) is 41.4 Å². The average molecular weight is 496 g/mol. The van der Waals surface area contributed by atoms with E-state index < -0.39 is 33.1 Å². The SMILES string of the molecule is CS(=O)(=O)NC(=O)c1cc(Cl)c(-n2nc(-c3ccc(F)cc3Cl)c3ccccc32)cc1F. The van der Waals surface area contributed by atoms with E-state index in [1.807, 2.05) is 0 Å². The van der Waals surface area contributed by atoms with Crippen molar-refractivity contribution in [2.75, 3.05) is 6.26 Å². The second-order valence-corrected chi connectivity index (χ2v) is 9.45. The molecule has 1 N–H and O–H groups in total. The minimum absolute atomic E-state index is 0.0462. The molecule has 0 radical (unpaired) electrons. The average Bonchev–Trinajstić information content (AvgIpc) is 3.07. The number of hydrogen-bond donors (Lipinski definition) is 1. The number of halogens is 4. The number of amides is 1. The number of aromatic nitrogens is 2. The monoisotopic (exact) mass is 495 g/mol. The van der Waals surface area contributed by atoms with Crippen LogP contribution in [0.25, 0.3) is 27.8 Å². The fourth-order valence-electron chi connectivity index (χ4n) is 3.23. The van der Waals surface area contributed by atoms with Crippen molar-refractivity contribution < 1.29 is 22.0 Å². The molecule has 0 spiro atoms. The van der Waals surface area contributed by atoms with Crippen molar-refractivity contribution in [2.45, 2.75) is 0 Å². The lowest BCUT2D eigenvalue weighted by Gasteiger charge is -2.10. The van der Waals surface area contributed by atoms with E-state index in [1.54, 1.807) is 29.0 Å². The van der Waals surface area contributed by atoms with Gasteiger partial charge in [0.15, 0.2) is 0 Å². The van der Waals surface area contributed by atoms with Gasteiger partial charge in [0.1, 0.15) is 17.3 Å². The van der Waals surface area contributed by atoms with Crippen LogP contribution in [0.5, 0.6) is 0 Å². The van der Waals surface area contributed by atoms with Gasteiger partial charge in [-0.25, -0.2) is 26.6 Å². The van der Waals surface area contributed by atoms with E-state index in [2.05, 4.69) is 5.10 Å². The summed E-state index contributed by atoms with van der Waals surface area (Å²) < 4.78 is 53.9. The molecule has 0 fully saturated rings. The molecule has 1 heterocycles. The number of hydrogen-bond acceptors (Lipinski definition) is 4. The van der Waals surface area contributed by atoms with Crippen LogP contribution in [0, 0.1) is 11.6 Å². The summed E-state index contributed by atoms with van der Waals surface area (Å²) >= 11 is 12.5. The van der Waals surface area contributed by atoms with Crippen LogP contribution < -0.4 is 4.72 Å². The summed E-state index contributed by atoms with van der Waals surface area (Å²) in [7, 11) is -3.89. The molecular formula is C21H13Cl2F2N3O3S. The minimum atomic E-state index is -3.89. The summed E-state index contributed by atoms with van der Waals surface area (Å²) in [5, 5.41) is 5.27. The van der Waals surface area contributed by atoms with E-state index in [9.17, 15) is 22.0 Å². The minimum Gasteiger partial charge on any atom is -0.268 e. The zero-order valence-corrected chi connectivity index (χ0v) is 18.6. The topological polar surface area (TPSA) is 81.1 Å². The smallest absolute Gasteiger partial charge is 0.267 e. The first-order valence-electron chi connectivity index (χ1n) is 9.00. The van der Waals surface area contributed by atoms with Crippen molar-refractivity contribution in [1.82, 2.24) is 14.5 Å². The van der Waals surface area contributed by atoms with Crippen molar-refractivity contribution >= 4 is 50.0 Å². The van der Waals surface area contributed by atoms with Gasteiger partial charge in [-0.15, -0.1) is 0 Å². The van der Waals surface area contributed by atoms with Crippen LogP contribution in [0.2, 0.25) is 10.0 Å². The number of carbonyl (C=O) groups is 1. The van der Waals surface area contributed by atoms with E-state index in [1.165, 1.54) is 16.8 Å². The van der Waals surface area contributed by atoms with Crippen LogP contribution in [0.15, 0.2) is 54.6 Å². The van der Waals surface area contributed by atoms with Crippen molar-refractivity contribution in [1.29, 1.82) is 0 Å². The van der Waals surface area contributed by atoms with Gasteiger partial charge in [-0.3, -0.25) is 4.79 Å². The molecule has 0 saturated heterocycles. The normalized spacial score (nSPS) is 11.7. The molecule has 32 heavy (non-hydrogen) atoms. The highest BCUT2D eigenvalue weighted by molar-refractivity contribution is 7.89. The lowest BCUT2D eigenvalue weighted by molar-refractivity contribution is 0.0978. The van der Waals surface area contributed by atoms with Crippen molar-refractivity contribution in [2.24, 2.45) is 0 Å². The van der Waals surface area contributed by atoms with Gasteiger partial charge in [0.2, 0.25) is 10.0 Å². The first-order chi connectivity index (χ1) is 15.0. The van der Waals surface area contributed by atoms with Gasteiger partial charge in [0, 0.05) is 17.0 Å². The Labute approximate surface area is 191 Å². The van der Waals surface area contributed by atoms with Gasteiger partial charge in [-0.05, 0) is 30.3 Å². The molecule has 0 unspecified atom stereocenters. The molecule has 0 atom stereocenters. The number of carbonyl (C=O) groups excluding carboxylic acids is 1. The molecule has 6 nitrogen and oxygen atoms in total. The fourth-order valence-corrected chi connectivity index (χ4v) is 4.17. The first kappa shape index (κ1) is 22.2. The lowest BCUT2D eigenvalue weighted by Crippen LogP contribution is -2.30. The standard InChI is InChI=1S/C21H13Cl2F2N3O3S/c1-32(30,31)27-21(29)14-9-16(23)19(10-17(14)25)28-18-5-3-2-4-13(18)20(26-28)12-7-6-11(24)8-15(12)22/h2-10H,1H3,(H,27,29). The van der Waals surface area contributed by atoms with E-state index in [-0.39, 0.29) is 15.7 Å². The summed E-state index contributed by atoms with van der Waals surface area (Å²) in [5.74, 6) is -2.65. The Hall–Kier alpha value is -3.01. The fraction of sp³-hybridized carbons (Fsp3) is 0.0476. The van der Waals surface area contributed by atoms with Crippen LogP contribution in [0.4, 0.5) is 8.78 Å². The molecule has 4 rings (SSSR count).